The monoisotopic (exact) mass is 630 g/mol. The second-order valence-corrected chi connectivity index (χ2v) is 13.2. The molecule has 2 aliphatic heterocycles. The highest BCUT2D eigenvalue weighted by Crippen LogP contribution is 2.39. The molecule has 0 bridgehead atoms. The molecule has 4 rings (SSSR count). The predicted molar refractivity (Wildman–Crippen MR) is 165 cm³/mol. The number of nitrogens with one attached hydrogen (secondary N) is 5. The second kappa shape index (κ2) is 13.6. The largest absolute Gasteiger partial charge is 0.347 e. The average Bonchev–Trinajstić information content (AvgIpc) is 3.55. The number of carbonyl (C=O) groups is 5. The number of nitrogens with zero attached hydrogens (tertiary/aromatic N) is 1. The van der Waals surface area contributed by atoms with E-state index in [1.807, 2.05) is 39.8 Å². The first-order valence-electron chi connectivity index (χ1n) is 15.2. The summed E-state index contributed by atoms with van der Waals surface area (Å²) in [5.41, 5.74) is 2.52. The van der Waals surface area contributed by atoms with E-state index in [0.29, 0.717) is 23.7 Å². The fourth-order valence-corrected chi connectivity index (χ4v) is 5.64. The molecule has 3 aliphatic rings. The first-order valence-corrected chi connectivity index (χ1v) is 15.6. The molecule has 1 spiro atoms. The fourth-order valence-electron chi connectivity index (χ4n) is 5.45. The minimum Gasteiger partial charge on any atom is -0.347 e. The van der Waals surface area contributed by atoms with E-state index >= 15 is 0 Å². The van der Waals surface area contributed by atoms with Gasteiger partial charge < -0.3 is 26.2 Å². The van der Waals surface area contributed by atoms with E-state index in [4.69, 9.17) is 16.4 Å². The van der Waals surface area contributed by atoms with Crippen LogP contribution in [0, 0.1) is 5.41 Å². The van der Waals surface area contributed by atoms with Gasteiger partial charge in [-0.15, -0.1) is 0 Å². The summed E-state index contributed by atoms with van der Waals surface area (Å²) >= 11 is 6.20. The van der Waals surface area contributed by atoms with Crippen LogP contribution in [-0.2, 0) is 24.0 Å². The topological polar surface area (TPSA) is 158 Å². The Kier molecular flexibility index (Phi) is 10.2. The highest BCUT2D eigenvalue weighted by atomic mass is 35.5. The molecule has 0 radical (unpaired) electrons. The summed E-state index contributed by atoms with van der Waals surface area (Å²) in [5, 5.41) is 11.4. The Labute approximate surface area is 263 Å². The van der Waals surface area contributed by atoms with Crippen LogP contribution in [0.5, 0.6) is 0 Å². The SMILES string of the molecule is CCC[C@H](NC(=O)[C@@H]1C[C@]2(C=C(c3cccc(Cl)c3)NO2)CN1C(=O)[C@@H](NC(=O)NCC)C(C)(C)C)C(=O)C(=O)NC1CC1. The molecule has 1 aromatic rings. The second-order valence-electron chi connectivity index (χ2n) is 12.8. The molecule has 0 unspecified atom stereocenters. The van der Waals surface area contributed by atoms with Crippen molar-refractivity contribution in [3.8, 4) is 0 Å². The van der Waals surface area contributed by atoms with Crippen molar-refractivity contribution in [3.63, 3.8) is 0 Å². The zero-order valence-corrected chi connectivity index (χ0v) is 26.7. The molecule has 44 heavy (non-hydrogen) atoms. The van der Waals surface area contributed by atoms with Crippen molar-refractivity contribution in [2.75, 3.05) is 13.1 Å². The van der Waals surface area contributed by atoms with Gasteiger partial charge in [0.2, 0.25) is 17.6 Å². The van der Waals surface area contributed by atoms with Gasteiger partial charge in [0.15, 0.2) is 0 Å². The van der Waals surface area contributed by atoms with Crippen molar-refractivity contribution < 1.29 is 28.8 Å². The molecule has 0 aromatic heterocycles. The number of rotatable bonds is 11. The highest BCUT2D eigenvalue weighted by Gasteiger charge is 2.54. The van der Waals surface area contributed by atoms with Gasteiger partial charge in [-0.3, -0.25) is 29.5 Å². The molecule has 1 aromatic carbocycles. The number of amides is 5. The lowest BCUT2D eigenvalue weighted by Crippen LogP contribution is -2.60. The molecule has 240 valence electrons. The van der Waals surface area contributed by atoms with Crippen LogP contribution in [0.25, 0.3) is 5.70 Å². The third-order valence-corrected chi connectivity index (χ3v) is 8.15. The lowest BCUT2D eigenvalue weighted by atomic mass is 9.85. The molecule has 13 heteroatoms. The number of urea groups is 1. The maximum absolute atomic E-state index is 14.2. The quantitative estimate of drug-likeness (QED) is 0.235. The smallest absolute Gasteiger partial charge is 0.315 e. The van der Waals surface area contributed by atoms with Crippen LogP contribution >= 0.6 is 11.6 Å². The van der Waals surface area contributed by atoms with Crippen LogP contribution in [0.2, 0.25) is 5.02 Å². The maximum atomic E-state index is 14.2. The number of hydrogen-bond donors (Lipinski definition) is 5. The molecule has 2 heterocycles. The van der Waals surface area contributed by atoms with Gasteiger partial charge in [0.25, 0.3) is 5.91 Å². The summed E-state index contributed by atoms with van der Waals surface area (Å²) in [6.07, 6.45) is 4.35. The van der Waals surface area contributed by atoms with Crippen LogP contribution in [0.15, 0.2) is 30.3 Å². The van der Waals surface area contributed by atoms with Crippen molar-refractivity contribution in [1.29, 1.82) is 0 Å². The van der Waals surface area contributed by atoms with Gasteiger partial charge in [0.05, 0.1) is 18.3 Å². The molecule has 4 atom stereocenters. The fraction of sp³-hybridized carbons (Fsp3) is 0.581. The zero-order valence-electron chi connectivity index (χ0n) is 25.9. The normalized spacial score (nSPS) is 22.5. The molecule has 1 saturated heterocycles. The summed E-state index contributed by atoms with van der Waals surface area (Å²) in [5.74, 6) is -2.50. The summed E-state index contributed by atoms with van der Waals surface area (Å²) in [6, 6.07) is 3.57. The molecule has 1 aliphatic carbocycles. The zero-order chi connectivity index (χ0) is 32.2. The molecular formula is C31H43ClN6O6. The third kappa shape index (κ3) is 7.89. The van der Waals surface area contributed by atoms with Crippen LogP contribution < -0.4 is 26.7 Å². The average molecular weight is 631 g/mol. The molecule has 1 saturated carbocycles. The van der Waals surface area contributed by atoms with Gasteiger partial charge in [-0.1, -0.05) is 57.8 Å². The minimum atomic E-state index is -1.09. The highest BCUT2D eigenvalue weighted by molar-refractivity contribution is 6.38. The Morgan fingerprint density at radius 3 is 2.48 bits per heavy atom. The van der Waals surface area contributed by atoms with Crippen molar-refractivity contribution in [2.45, 2.75) is 96.5 Å². The van der Waals surface area contributed by atoms with Gasteiger partial charge >= 0.3 is 6.03 Å². The first kappa shape index (κ1) is 33.3. The third-order valence-electron chi connectivity index (χ3n) is 7.92. The number of hydroxylamine groups is 1. The first-order chi connectivity index (χ1) is 20.8. The van der Waals surface area contributed by atoms with Gasteiger partial charge in [-0.05, 0) is 49.8 Å². The van der Waals surface area contributed by atoms with Gasteiger partial charge in [0.1, 0.15) is 17.7 Å². The van der Waals surface area contributed by atoms with Crippen molar-refractivity contribution >= 4 is 46.8 Å². The number of halogens is 1. The van der Waals surface area contributed by atoms with Crippen LogP contribution in [0.1, 0.15) is 72.3 Å². The Bertz CT molecular complexity index is 1320. The molecule has 2 fully saturated rings. The van der Waals surface area contributed by atoms with E-state index in [1.165, 1.54) is 4.90 Å². The van der Waals surface area contributed by atoms with E-state index in [0.717, 1.165) is 18.4 Å². The van der Waals surface area contributed by atoms with Crippen LogP contribution in [0.4, 0.5) is 4.79 Å². The van der Waals surface area contributed by atoms with Crippen molar-refractivity contribution in [2.24, 2.45) is 5.41 Å². The standard InChI is InChI=1S/C31H43ClN6O6/c1-6-9-21(24(39)27(41)34-20-12-13-20)35-26(40)23-16-31(15-22(37-44-31)18-10-8-11-19(32)14-18)17-38(23)28(42)25(30(3,4)5)36-29(43)33-7-2/h8,10-11,14-15,20-21,23,25,37H,6-7,9,12-13,16-17H2,1-5H3,(H,34,41)(H,35,40)(H2,33,36,43)/t21-,23-,25+,31+/m0/s1. The summed E-state index contributed by atoms with van der Waals surface area (Å²) in [4.78, 5) is 73.8. The van der Waals surface area contributed by atoms with E-state index < -0.39 is 58.7 Å². The summed E-state index contributed by atoms with van der Waals surface area (Å²) < 4.78 is 0. The van der Waals surface area contributed by atoms with Gasteiger partial charge in [0, 0.05) is 29.6 Å². The van der Waals surface area contributed by atoms with Crippen LogP contribution in [0.3, 0.4) is 0 Å². The number of hydrogen-bond acceptors (Lipinski definition) is 7. The van der Waals surface area contributed by atoms with E-state index in [9.17, 15) is 24.0 Å². The Balaban J connectivity index is 1.64. The number of likely N-dealkylation sites (tertiary alicyclic amines) is 1. The molecule has 5 amide bonds. The Morgan fingerprint density at radius 1 is 1.14 bits per heavy atom. The Morgan fingerprint density at radius 2 is 1.86 bits per heavy atom. The number of carbonyl (C=O) groups excluding carboxylic acids is 5. The van der Waals surface area contributed by atoms with Crippen LogP contribution in [-0.4, -0.2) is 77.3 Å². The lowest BCUT2D eigenvalue weighted by molar-refractivity contribution is -0.144. The molecule has 5 N–H and O–H groups in total. The number of ketones is 1. The molecular weight excluding hydrogens is 588 g/mol. The van der Waals surface area contributed by atoms with Crippen molar-refractivity contribution in [3.05, 3.63) is 40.9 Å². The summed E-state index contributed by atoms with van der Waals surface area (Å²) in [7, 11) is 0. The maximum Gasteiger partial charge on any atom is 0.315 e. The van der Waals surface area contributed by atoms with E-state index in [1.54, 1.807) is 25.1 Å². The number of benzene rings is 1. The van der Waals surface area contributed by atoms with E-state index in [2.05, 4.69) is 26.7 Å². The lowest BCUT2D eigenvalue weighted by Gasteiger charge is -2.35. The predicted octanol–water partition coefficient (Wildman–Crippen LogP) is 2.42. The minimum absolute atomic E-state index is 0.000794. The molecule has 12 nitrogen and oxygen atoms in total. The number of Topliss-reactive ketones (excluding diaryl/α,β-unsaturated/α-hetero) is 1. The van der Waals surface area contributed by atoms with E-state index in [-0.39, 0.29) is 25.4 Å². The summed E-state index contributed by atoms with van der Waals surface area (Å²) in [6.45, 7) is 9.45. The van der Waals surface area contributed by atoms with Gasteiger partial charge in [-0.2, -0.15) is 0 Å². The van der Waals surface area contributed by atoms with Crippen molar-refractivity contribution in [1.82, 2.24) is 31.6 Å². The Hall–Kier alpha value is -3.64. The van der Waals surface area contributed by atoms with Gasteiger partial charge in [-0.25, -0.2) is 4.79 Å².